The van der Waals surface area contributed by atoms with Crippen LogP contribution in [0, 0.1) is 5.92 Å². The topological polar surface area (TPSA) is 71.2 Å². The van der Waals surface area contributed by atoms with E-state index in [-0.39, 0.29) is 12.6 Å². The van der Waals surface area contributed by atoms with Gasteiger partial charge >= 0.3 is 0 Å². The second-order valence-corrected chi connectivity index (χ2v) is 5.38. The number of hydrogen-bond acceptors (Lipinski definition) is 5. The molecule has 6 heteroatoms. The molecule has 108 valence electrons. The van der Waals surface area contributed by atoms with E-state index in [0.29, 0.717) is 29.2 Å². The third-order valence-electron chi connectivity index (χ3n) is 3.06. The van der Waals surface area contributed by atoms with Gasteiger partial charge in [-0.2, -0.15) is 4.98 Å². The van der Waals surface area contributed by atoms with Crippen molar-refractivity contribution < 1.29 is 9.63 Å². The summed E-state index contributed by atoms with van der Waals surface area (Å²) in [5.74, 6) is 1.33. The molecule has 0 aliphatic rings. The Hall–Kier alpha value is -1.43. The lowest BCUT2D eigenvalue weighted by Crippen LogP contribution is -2.36. The summed E-state index contributed by atoms with van der Waals surface area (Å²) >= 11 is 5.93. The van der Waals surface area contributed by atoms with Crippen molar-refractivity contribution in [3.8, 4) is 11.5 Å². The van der Waals surface area contributed by atoms with Crippen molar-refractivity contribution in [1.29, 1.82) is 0 Å². The SMILES string of the molecule is CC(C)[C@@H](CO)NCc1noc(-c2cccc(Cl)c2)n1. The van der Waals surface area contributed by atoms with Gasteiger partial charge in [-0.3, -0.25) is 0 Å². The first-order valence-electron chi connectivity index (χ1n) is 6.53. The van der Waals surface area contributed by atoms with Gasteiger partial charge in [0.2, 0.25) is 0 Å². The van der Waals surface area contributed by atoms with Crippen molar-refractivity contribution in [3.05, 3.63) is 35.1 Å². The van der Waals surface area contributed by atoms with Crippen LogP contribution in [-0.2, 0) is 6.54 Å². The molecule has 0 amide bonds. The average molecular weight is 296 g/mol. The van der Waals surface area contributed by atoms with Gasteiger partial charge in [-0.05, 0) is 24.1 Å². The number of nitrogens with one attached hydrogen (secondary N) is 1. The summed E-state index contributed by atoms with van der Waals surface area (Å²) in [7, 11) is 0. The van der Waals surface area contributed by atoms with Crippen molar-refractivity contribution in [2.24, 2.45) is 5.92 Å². The molecule has 1 atom stereocenters. The van der Waals surface area contributed by atoms with Crippen LogP contribution in [0.3, 0.4) is 0 Å². The van der Waals surface area contributed by atoms with E-state index in [1.54, 1.807) is 12.1 Å². The summed E-state index contributed by atoms with van der Waals surface area (Å²) in [6, 6.07) is 7.28. The molecule has 2 aromatic rings. The molecule has 2 rings (SSSR count). The van der Waals surface area contributed by atoms with Gasteiger partial charge in [0.05, 0.1) is 13.2 Å². The van der Waals surface area contributed by atoms with Crippen LogP contribution in [-0.4, -0.2) is 27.9 Å². The molecular weight excluding hydrogens is 278 g/mol. The van der Waals surface area contributed by atoms with E-state index in [4.69, 9.17) is 16.1 Å². The van der Waals surface area contributed by atoms with Crippen molar-refractivity contribution in [2.75, 3.05) is 6.61 Å². The second-order valence-electron chi connectivity index (χ2n) is 4.94. The Kier molecular flexibility index (Phi) is 5.11. The highest BCUT2D eigenvalue weighted by Gasteiger charge is 2.14. The minimum atomic E-state index is 0.0168. The lowest BCUT2D eigenvalue weighted by molar-refractivity contribution is 0.209. The molecule has 20 heavy (non-hydrogen) atoms. The Labute approximate surface area is 123 Å². The zero-order valence-corrected chi connectivity index (χ0v) is 12.3. The zero-order chi connectivity index (χ0) is 14.5. The highest BCUT2D eigenvalue weighted by Crippen LogP contribution is 2.20. The van der Waals surface area contributed by atoms with Crippen LogP contribution in [0.5, 0.6) is 0 Å². The molecule has 0 unspecified atom stereocenters. The fraction of sp³-hybridized carbons (Fsp3) is 0.429. The molecule has 2 N–H and O–H groups in total. The largest absolute Gasteiger partial charge is 0.395 e. The predicted octanol–water partition coefficient (Wildman–Crippen LogP) is 2.50. The molecule has 0 aliphatic carbocycles. The van der Waals surface area contributed by atoms with Crippen molar-refractivity contribution in [2.45, 2.75) is 26.4 Å². The molecule has 1 aromatic heterocycles. The van der Waals surface area contributed by atoms with Gasteiger partial charge in [0.1, 0.15) is 0 Å². The quantitative estimate of drug-likeness (QED) is 0.857. The van der Waals surface area contributed by atoms with E-state index < -0.39 is 0 Å². The second kappa shape index (κ2) is 6.83. The first-order valence-corrected chi connectivity index (χ1v) is 6.90. The minimum Gasteiger partial charge on any atom is -0.395 e. The van der Waals surface area contributed by atoms with Gasteiger partial charge in [0.25, 0.3) is 5.89 Å². The Morgan fingerprint density at radius 1 is 1.40 bits per heavy atom. The Bertz CT molecular complexity index is 557. The number of rotatable bonds is 6. The van der Waals surface area contributed by atoms with E-state index in [0.717, 1.165) is 5.56 Å². The molecule has 0 fully saturated rings. The van der Waals surface area contributed by atoms with Crippen LogP contribution in [0.1, 0.15) is 19.7 Å². The number of aliphatic hydroxyl groups excluding tert-OH is 1. The lowest BCUT2D eigenvalue weighted by Gasteiger charge is -2.18. The summed E-state index contributed by atoms with van der Waals surface area (Å²) < 4.78 is 5.21. The molecule has 0 radical (unpaired) electrons. The van der Waals surface area contributed by atoms with Crippen LogP contribution in [0.2, 0.25) is 5.02 Å². The van der Waals surface area contributed by atoms with Crippen molar-refractivity contribution in [1.82, 2.24) is 15.5 Å². The highest BCUT2D eigenvalue weighted by molar-refractivity contribution is 6.30. The van der Waals surface area contributed by atoms with Gasteiger partial charge in [0, 0.05) is 16.6 Å². The molecule has 0 bridgehead atoms. The number of nitrogens with zero attached hydrogens (tertiary/aromatic N) is 2. The fourth-order valence-electron chi connectivity index (χ4n) is 1.80. The van der Waals surface area contributed by atoms with E-state index in [9.17, 15) is 5.11 Å². The number of aliphatic hydroxyl groups is 1. The smallest absolute Gasteiger partial charge is 0.258 e. The van der Waals surface area contributed by atoms with E-state index in [1.165, 1.54) is 0 Å². The number of halogens is 1. The average Bonchev–Trinajstić information content (AvgIpc) is 2.88. The lowest BCUT2D eigenvalue weighted by atomic mass is 10.1. The van der Waals surface area contributed by atoms with E-state index in [2.05, 4.69) is 15.5 Å². The number of hydrogen-bond donors (Lipinski definition) is 2. The molecule has 5 nitrogen and oxygen atoms in total. The number of aromatic nitrogens is 2. The Morgan fingerprint density at radius 3 is 2.85 bits per heavy atom. The summed E-state index contributed by atoms with van der Waals surface area (Å²) in [5.41, 5.74) is 0.791. The highest BCUT2D eigenvalue weighted by atomic mass is 35.5. The van der Waals surface area contributed by atoms with Crippen LogP contribution in [0.15, 0.2) is 28.8 Å². The monoisotopic (exact) mass is 295 g/mol. The summed E-state index contributed by atoms with van der Waals surface area (Å²) in [6.45, 7) is 4.62. The summed E-state index contributed by atoms with van der Waals surface area (Å²) in [5, 5.41) is 17.0. The first-order chi connectivity index (χ1) is 9.60. The van der Waals surface area contributed by atoms with Crippen LogP contribution < -0.4 is 5.32 Å². The number of benzene rings is 1. The third-order valence-corrected chi connectivity index (χ3v) is 3.30. The van der Waals surface area contributed by atoms with E-state index >= 15 is 0 Å². The van der Waals surface area contributed by atoms with E-state index in [1.807, 2.05) is 26.0 Å². The van der Waals surface area contributed by atoms with Crippen molar-refractivity contribution >= 4 is 11.6 Å². The summed E-state index contributed by atoms with van der Waals surface area (Å²) in [4.78, 5) is 4.31. The molecule has 0 saturated heterocycles. The standard InChI is InChI=1S/C14H18ClN3O2/c1-9(2)12(8-19)16-7-13-17-14(20-18-13)10-4-3-5-11(15)6-10/h3-6,9,12,16,19H,7-8H2,1-2H3/t12-/m1/s1. The maximum atomic E-state index is 9.25. The Balaban J connectivity index is 2.02. The molecule has 0 spiro atoms. The first kappa shape index (κ1) is 15.0. The Morgan fingerprint density at radius 2 is 2.20 bits per heavy atom. The molecule has 0 saturated carbocycles. The fourth-order valence-corrected chi connectivity index (χ4v) is 1.99. The molecule has 0 aliphatic heterocycles. The third kappa shape index (κ3) is 3.79. The maximum absolute atomic E-state index is 9.25. The predicted molar refractivity (Wildman–Crippen MR) is 77.3 cm³/mol. The molecule has 1 aromatic carbocycles. The van der Waals surface area contributed by atoms with Crippen LogP contribution in [0.25, 0.3) is 11.5 Å². The summed E-state index contributed by atoms with van der Waals surface area (Å²) in [6.07, 6.45) is 0. The van der Waals surface area contributed by atoms with Crippen LogP contribution in [0.4, 0.5) is 0 Å². The van der Waals surface area contributed by atoms with Gasteiger partial charge in [-0.15, -0.1) is 0 Å². The normalized spacial score (nSPS) is 12.8. The molecular formula is C14H18ClN3O2. The minimum absolute atomic E-state index is 0.0168. The van der Waals surface area contributed by atoms with Gasteiger partial charge in [-0.25, -0.2) is 0 Å². The molecule has 1 heterocycles. The van der Waals surface area contributed by atoms with Crippen LogP contribution >= 0.6 is 11.6 Å². The maximum Gasteiger partial charge on any atom is 0.258 e. The van der Waals surface area contributed by atoms with Gasteiger partial charge < -0.3 is 14.9 Å². The van der Waals surface area contributed by atoms with Gasteiger partial charge in [0.15, 0.2) is 5.82 Å². The zero-order valence-electron chi connectivity index (χ0n) is 11.5. The van der Waals surface area contributed by atoms with Gasteiger partial charge in [-0.1, -0.05) is 36.7 Å². The van der Waals surface area contributed by atoms with Crippen molar-refractivity contribution in [3.63, 3.8) is 0 Å².